The van der Waals surface area contributed by atoms with E-state index < -0.39 is 10.0 Å². The average Bonchev–Trinajstić information content (AvgIpc) is 2.94. The molecule has 0 atom stereocenters. The molecule has 0 aliphatic heterocycles. The molecule has 0 spiro atoms. The first-order valence-corrected chi connectivity index (χ1v) is 11.2. The number of hydrogen-bond donors (Lipinski definition) is 2. The summed E-state index contributed by atoms with van der Waals surface area (Å²) in [6, 6.07) is 10.5. The van der Waals surface area contributed by atoms with Crippen LogP contribution in [0.3, 0.4) is 0 Å². The fraction of sp³-hybridized carbons (Fsp3) is 0.263. The normalized spacial score (nSPS) is 11.7. The van der Waals surface area contributed by atoms with Gasteiger partial charge in [0.2, 0.25) is 15.9 Å². The Bertz CT molecular complexity index is 1130. The third kappa shape index (κ3) is 4.54. The number of nitrogens with one attached hydrogen (secondary N) is 1. The SMILES string of the molecule is CCn1c(SCC(=O)Nc2cc(C)cc(C)c2)nc2cc(S(N)(=O)=O)ccc21. The number of carbonyl (C=O) groups is 1. The lowest BCUT2D eigenvalue weighted by Crippen LogP contribution is -2.14. The molecule has 3 N–H and O–H groups in total. The number of aryl methyl sites for hydroxylation is 3. The quantitative estimate of drug-likeness (QED) is 0.598. The summed E-state index contributed by atoms with van der Waals surface area (Å²) < 4.78 is 25.1. The molecular formula is C19H22N4O3S2. The van der Waals surface area contributed by atoms with Gasteiger partial charge in [0, 0.05) is 12.2 Å². The highest BCUT2D eigenvalue weighted by Gasteiger charge is 2.15. The van der Waals surface area contributed by atoms with Crippen molar-refractivity contribution in [3.8, 4) is 0 Å². The lowest BCUT2D eigenvalue weighted by molar-refractivity contribution is -0.113. The van der Waals surface area contributed by atoms with Crippen LogP contribution < -0.4 is 10.5 Å². The van der Waals surface area contributed by atoms with Crippen molar-refractivity contribution in [1.29, 1.82) is 0 Å². The molecule has 2 aromatic carbocycles. The number of hydrogen-bond acceptors (Lipinski definition) is 5. The van der Waals surface area contributed by atoms with E-state index in [1.165, 1.54) is 23.9 Å². The number of sulfonamides is 1. The predicted molar refractivity (Wildman–Crippen MR) is 112 cm³/mol. The highest BCUT2D eigenvalue weighted by Crippen LogP contribution is 2.26. The molecule has 7 nitrogen and oxygen atoms in total. The molecule has 9 heteroatoms. The van der Waals surface area contributed by atoms with Crippen LogP contribution in [0.1, 0.15) is 18.1 Å². The van der Waals surface area contributed by atoms with Crippen LogP contribution in [-0.4, -0.2) is 29.6 Å². The number of benzene rings is 2. The molecule has 28 heavy (non-hydrogen) atoms. The zero-order valence-electron chi connectivity index (χ0n) is 15.9. The van der Waals surface area contributed by atoms with E-state index in [9.17, 15) is 13.2 Å². The molecule has 1 heterocycles. The summed E-state index contributed by atoms with van der Waals surface area (Å²) in [7, 11) is -3.79. The molecule has 0 saturated carbocycles. The lowest BCUT2D eigenvalue weighted by Gasteiger charge is -2.08. The minimum atomic E-state index is -3.79. The molecule has 148 valence electrons. The van der Waals surface area contributed by atoms with E-state index in [1.54, 1.807) is 6.07 Å². The maximum Gasteiger partial charge on any atom is 0.238 e. The van der Waals surface area contributed by atoms with Crippen molar-refractivity contribution in [2.45, 2.75) is 37.4 Å². The number of primary sulfonamides is 1. The van der Waals surface area contributed by atoms with E-state index in [1.807, 2.05) is 43.5 Å². The summed E-state index contributed by atoms with van der Waals surface area (Å²) in [6.07, 6.45) is 0. The fourth-order valence-corrected chi connectivity index (χ4v) is 4.47. The number of amides is 1. The first-order chi connectivity index (χ1) is 13.2. The smallest absolute Gasteiger partial charge is 0.238 e. The van der Waals surface area contributed by atoms with Crippen molar-refractivity contribution in [2.75, 3.05) is 11.1 Å². The third-order valence-corrected chi connectivity index (χ3v) is 6.05. The Labute approximate surface area is 168 Å². The molecule has 0 bridgehead atoms. The molecule has 0 fully saturated rings. The Morgan fingerprint density at radius 2 is 1.86 bits per heavy atom. The fourth-order valence-electron chi connectivity index (χ4n) is 3.05. The van der Waals surface area contributed by atoms with E-state index in [4.69, 9.17) is 5.14 Å². The minimum absolute atomic E-state index is 0.0184. The Morgan fingerprint density at radius 1 is 1.18 bits per heavy atom. The first-order valence-electron chi connectivity index (χ1n) is 8.71. The number of nitrogens with zero attached hydrogens (tertiary/aromatic N) is 2. The van der Waals surface area contributed by atoms with Gasteiger partial charge in [-0.05, 0) is 62.2 Å². The van der Waals surface area contributed by atoms with Gasteiger partial charge >= 0.3 is 0 Å². The van der Waals surface area contributed by atoms with E-state index in [-0.39, 0.29) is 16.6 Å². The number of thioether (sulfide) groups is 1. The maximum atomic E-state index is 12.3. The Kier molecular flexibility index (Phi) is 5.78. The van der Waals surface area contributed by atoms with Crippen LogP contribution in [0.2, 0.25) is 0 Å². The molecule has 0 unspecified atom stereocenters. The zero-order chi connectivity index (χ0) is 20.5. The average molecular weight is 419 g/mol. The molecule has 3 rings (SSSR count). The van der Waals surface area contributed by atoms with Crippen LogP contribution in [0.15, 0.2) is 46.5 Å². The predicted octanol–water partition coefficient (Wildman–Crippen LogP) is 3.05. The standard InChI is InChI=1S/C19H22N4O3S2/c1-4-23-17-6-5-15(28(20,25)26)10-16(17)22-19(23)27-11-18(24)21-14-8-12(2)7-13(3)9-14/h5-10H,4,11H2,1-3H3,(H,21,24)(H2,20,25,26). The second kappa shape index (κ2) is 7.94. The number of fused-ring (bicyclic) bond motifs is 1. The van der Waals surface area contributed by atoms with Crippen molar-refractivity contribution < 1.29 is 13.2 Å². The second-order valence-electron chi connectivity index (χ2n) is 6.55. The van der Waals surface area contributed by atoms with Crippen LogP contribution in [0, 0.1) is 13.8 Å². The van der Waals surface area contributed by atoms with Gasteiger partial charge < -0.3 is 9.88 Å². The maximum absolute atomic E-state index is 12.3. The Hall–Kier alpha value is -2.36. The molecule has 3 aromatic rings. The van der Waals surface area contributed by atoms with Crippen LogP contribution in [0.5, 0.6) is 0 Å². The van der Waals surface area contributed by atoms with E-state index in [0.29, 0.717) is 17.2 Å². The largest absolute Gasteiger partial charge is 0.325 e. The van der Waals surface area contributed by atoms with Gasteiger partial charge in [0.25, 0.3) is 0 Å². The Morgan fingerprint density at radius 3 is 2.46 bits per heavy atom. The number of aromatic nitrogens is 2. The Balaban J connectivity index is 1.78. The zero-order valence-corrected chi connectivity index (χ0v) is 17.5. The van der Waals surface area contributed by atoms with Crippen molar-refractivity contribution in [3.05, 3.63) is 47.5 Å². The van der Waals surface area contributed by atoms with Gasteiger partial charge in [0.05, 0.1) is 21.7 Å². The molecule has 0 radical (unpaired) electrons. The summed E-state index contributed by atoms with van der Waals surface area (Å²) >= 11 is 1.31. The van der Waals surface area contributed by atoms with Crippen molar-refractivity contribution in [2.24, 2.45) is 5.14 Å². The molecule has 0 saturated heterocycles. The third-order valence-electron chi connectivity index (χ3n) is 4.17. The highest BCUT2D eigenvalue weighted by atomic mass is 32.2. The summed E-state index contributed by atoms with van der Waals surface area (Å²) in [5.74, 6) is 0.0631. The number of imidazole rings is 1. The van der Waals surface area contributed by atoms with Crippen LogP contribution in [0.25, 0.3) is 11.0 Å². The van der Waals surface area contributed by atoms with E-state index in [0.717, 1.165) is 22.3 Å². The van der Waals surface area contributed by atoms with Gasteiger partial charge in [-0.15, -0.1) is 0 Å². The number of nitrogens with two attached hydrogens (primary N) is 1. The van der Waals surface area contributed by atoms with Crippen LogP contribution >= 0.6 is 11.8 Å². The topological polar surface area (TPSA) is 107 Å². The molecular weight excluding hydrogens is 396 g/mol. The highest BCUT2D eigenvalue weighted by molar-refractivity contribution is 7.99. The van der Waals surface area contributed by atoms with E-state index in [2.05, 4.69) is 10.3 Å². The van der Waals surface area contributed by atoms with Crippen molar-refractivity contribution >= 4 is 44.4 Å². The first kappa shape index (κ1) is 20.4. The number of rotatable bonds is 6. The molecule has 1 amide bonds. The van der Waals surface area contributed by atoms with Gasteiger partial charge in [-0.2, -0.15) is 0 Å². The monoisotopic (exact) mass is 418 g/mol. The lowest BCUT2D eigenvalue weighted by atomic mass is 10.1. The summed E-state index contributed by atoms with van der Waals surface area (Å²) in [5, 5.41) is 8.75. The van der Waals surface area contributed by atoms with Crippen LogP contribution in [-0.2, 0) is 21.4 Å². The summed E-state index contributed by atoms with van der Waals surface area (Å²) in [4.78, 5) is 16.9. The van der Waals surface area contributed by atoms with Gasteiger partial charge in [-0.25, -0.2) is 18.5 Å². The second-order valence-corrected chi connectivity index (χ2v) is 9.05. The summed E-state index contributed by atoms with van der Waals surface area (Å²) in [6.45, 7) is 6.58. The van der Waals surface area contributed by atoms with E-state index >= 15 is 0 Å². The van der Waals surface area contributed by atoms with Gasteiger partial charge in [0.1, 0.15) is 0 Å². The summed E-state index contributed by atoms with van der Waals surface area (Å²) in [5.41, 5.74) is 4.27. The van der Waals surface area contributed by atoms with Crippen molar-refractivity contribution in [1.82, 2.24) is 9.55 Å². The number of anilines is 1. The van der Waals surface area contributed by atoms with Gasteiger partial charge in [0.15, 0.2) is 5.16 Å². The van der Waals surface area contributed by atoms with Crippen molar-refractivity contribution in [3.63, 3.8) is 0 Å². The molecule has 0 aliphatic carbocycles. The van der Waals surface area contributed by atoms with Gasteiger partial charge in [-0.3, -0.25) is 4.79 Å². The number of carbonyl (C=O) groups excluding carboxylic acids is 1. The van der Waals surface area contributed by atoms with Crippen LogP contribution in [0.4, 0.5) is 5.69 Å². The molecule has 0 aliphatic rings. The molecule has 1 aromatic heterocycles. The van der Waals surface area contributed by atoms with Gasteiger partial charge in [-0.1, -0.05) is 17.8 Å². The minimum Gasteiger partial charge on any atom is -0.325 e.